The minimum Gasteiger partial charge on any atom is -0.312 e. The van der Waals surface area contributed by atoms with Crippen molar-refractivity contribution >= 4 is 0 Å². The fourth-order valence-electron chi connectivity index (χ4n) is 3.84. The highest BCUT2D eigenvalue weighted by Gasteiger charge is 2.40. The quantitative estimate of drug-likeness (QED) is 0.815. The fourth-order valence-corrected chi connectivity index (χ4v) is 3.84. The van der Waals surface area contributed by atoms with Crippen LogP contribution in [0.2, 0.25) is 0 Å². The van der Waals surface area contributed by atoms with Gasteiger partial charge in [-0.1, -0.05) is 37.8 Å². The second kappa shape index (κ2) is 7.36. The molecule has 21 heavy (non-hydrogen) atoms. The molecule has 1 aromatic rings. The SMILES string of the molecule is CCNC(Cc1cn(C)nn1)C1(N(C)C)CCCCCC1. The molecule has 0 aromatic carbocycles. The predicted octanol–water partition coefficient (Wildman–Crippen LogP) is 1.99. The highest BCUT2D eigenvalue weighted by Crippen LogP contribution is 2.35. The van der Waals surface area contributed by atoms with Gasteiger partial charge in [-0.3, -0.25) is 4.68 Å². The van der Waals surface area contributed by atoms with E-state index in [2.05, 4.69) is 41.5 Å². The number of hydrogen-bond donors (Lipinski definition) is 1. The molecule has 1 aromatic heterocycles. The van der Waals surface area contributed by atoms with Crippen LogP contribution < -0.4 is 5.32 Å². The maximum absolute atomic E-state index is 4.30. The van der Waals surface area contributed by atoms with Gasteiger partial charge in [0.2, 0.25) is 0 Å². The molecule has 1 atom stereocenters. The zero-order valence-corrected chi connectivity index (χ0v) is 14.1. The zero-order valence-electron chi connectivity index (χ0n) is 14.1. The van der Waals surface area contributed by atoms with Gasteiger partial charge in [0.15, 0.2) is 0 Å². The first-order valence-electron chi connectivity index (χ1n) is 8.34. The molecule has 2 rings (SSSR count). The number of nitrogens with one attached hydrogen (secondary N) is 1. The summed E-state index contributed by atoms with van der Waals surface area (Å²) in [5.41, 5.74) is 1.33. The van der Waals surface area contributed by atoms with Crippen LogP contribution in [0.5, 0.6) is 0 Å². The molecular formula is C16H31N5. The first kappa shape index (κ1) is 16.4. The highest BCUT2D eigenvalue weighted by atomic mass is 15.4. The lowest BCUT2D eigenvalue weighted by Gasteiger charge is -2.46. The predicted molar refractivity (Wildman–Crippen MR) is 86.3 cm³/mol. The van der Waals surface area contributed by atoms with Gasteiger partial charge in [-0.05, 0) is 33.5 Å². The number of hydrogen-bond acceptors (Lipinski definition) is 4. The van der Waals surface area contributed by atoms with Gasteiger partial charge in [0, 0.05) is 31.2 Å². The van der Waals surface area contributed by atoms with Crippen LogP contribution in [0.25, 0.3) is 0 Å². The number of nitrogens with zero attached hydrogens (tertiary/aromatic N) is 4. The van der Waals surface area contributed by atoms with Crippen molar-refractivity contribution in [2.45, 2.75) is 63.5 Å². The lowest BCUT2D eigenvalue weighted by Crippen LogP contribution is -2.59. The van der Waals surface area contributed by atoms with Gasteiger partial charge in [-0.25, -0.2) is 0 Å². The summed E-state index contributed by atoms with van der Waals surface area (Å²) in [7, 11) is 6.42. The van der Waals surface area contributed by atoms with Crippen LogP contribution in [0.3, 0.4) is 0 Å². The topological polar surface area (TPSA) is 46.0 Å². The van der Waals surface area contributed by atoms with E-state index in [4.69, 9.17) is 0 Å². The average molecular weight is 293 g/mol. The van der Waals surface area contributed by atoms with E-state index in [0.717, 1.165) is 18.7 Å². The van der Waals surface area contributed by atoms with E-state index in [0.29, 0.717) is 6.04 Å². The lowest BCUT2D eigenvalue weighted by atomic mass is 9.79. The summed E-state index contributed by atoms with van der Waals surface area (Å²) < 4.78 is 1.80. The Morgan fingerprint density at radius 2 is 1.95 bits per heavy atom. The summed E-state index contributed by atoms with van der Waals surface area (Å²) in [6, 6.07) is 0.437. The van der Waals surface area contributed by atoms with Gasteiger partial charge in [-0.15, -0.1) is 5.10 Å². The lowest BCUT2D eigenvalue weighted by molar-refractivity contribution is 0.0804. The van der Waals surface area contributed by atoms with Crippen LogP contribution in [-0.4, -0.2) is 52.1 Å². The first-order chi connectivity index (χ1) is 10.1. The van der Waals surface area contributed by atoms with Gasteiger partial charge >= 0.3 is 0 Å². The minimum atomic E-state index is 0.240. The molecule has 0 saturated heterocycles. The number of aryl methyl sites for hydroxylation is 1. The second-order valence-electron chi connectivity index (χ2n) is 6.61. The van der Waals surface area contributed by atoms with Crippen molar-refractivity contribution < 1.29 is 0 Å². The van der Waals surface area contributed by atoms with Crippen molar-refractivity contribution in [3.8, 4) is 0 Å². The Kier molecular flexibility index (Phi) is 5.76. The fraction of sp³-hybridized carbons (Fsp3) is 0.875. The van der Waals surface area contributed by atoms with Gasteiger partial charge in [0.1, 0.15) is 0 Å². The molecule has 1 heterocycles. The summed E-state index contributed by atoms with van der Waals surface area (Å²) in [6.07, 6.45) is 11.0. The molecule has 5 nitrogen and oxygen atoms in total. The third-order valence-electron chi connectivity index (χ3n) is 5.02. The molecule has 1 aliphatic carbocycles. The molecule has 1 saturated carbocycles. The number of aromatic nitrogens is 3. The largest absolute Gasteiger partial charge is 0.312 e. The van der Waals surface area contributed by atoms with E-state index in [9.17, 15) is 0 Å². The van der Waals surface area contributed by atoms with E-state index in [1.54, 1.807) is 4.68 Å². The summed E-state index contributed by atoms with van der Waals surface area (Å²) >= 11 is 0. The van der Waals surface area contributed by atoms with E-state index in [-0.39, 0.29) is 5.54 Å². The molecular weight excluding hydrogens is 262 g/mol. The maximum atomic E-state index is 4.30. The van der Waals surface area contributed by atoms with Crippen LogP contribution in [0.15, 0.2) is 6.20 Å². The van der Waals surface area contributed by atoms with Gasteiger partial charge < -0.3 is 10.2 Å². The molecule has 0 spiro atoms. The van der Waals surface area contributed by atoms with Crippen LogP contribution in [-0.2, 0) is 13.5 Å². The first-order valence-corrected chi connectivity index (χ1v) is 8.34. The Hall–Kier alpha value is -0.940. The van der Waals surface area contributed by atoms with E-state index in [1.807, 2.05) is 13.2 Å². The Balaban J connectivity index is 2.22. The van der Waals surface area contributed by atoms with E-state index in [1.165, 1.54) is 38.5 Å². The third-order valence-corrected chi connectivity index (χ3v) is 5.02. The van der Waals surface area contributed by atoms with Gasteiger partial charge in [0.05, 0.1) is 5.69 Å². The maximum Gasteiger partial charge on any atom is 0.0843 e. The van der Waals surface area contributed by atoms with Crippen LogP contribution in [0.4, 0.5) is 0 Å². The van der Waals surface area contributed by atoms with Crippen molar-refractivity contribution in [2.75, 3.05) is 20.6 Å². The molecule has 0 amide bonds. The zero-order chi connectivity index (χ0) is 15.3. The molecule has 5 heteroatoms. The van der Waals surface area contributed by atoms with E-state index >= 15 is 0 Å². The number of rotatable bonds is 6. The standard InChI is InChI=1S/C16H31N5/c1-5-17-15(12-14-13-21(4)19-18-14)16(20(2)3)10-8-6-7-9-11-16/h13,15,17H,5-12H2,1-4H3. The Morgan fingerprint density at radius 1 is 1.29 bits per heavy atom. The van der Waals surface area contributed by atoms with Gasteiger partial charge in [0.25, 0.3) is 0 Å². The van der Waals surface area contributed by atoms with Gasteiger partial charge in [-0.2, -0.15) is 0 Å². The van der Waals surface area contributed by atoms with Crippen LogP contribution in [0, 0.1) is 0 Å². The average Bonchev–Trinajstić information content (AvgIpc) is 2.72. The smallest absolute Gasteiger partial charge is 0.0843 e. The normalized spacial score (nSPS) is 20.4. The summed E-state index contributed by atoms with van der Waals surface area (Å²) in [4.78, 5) is 2.46. The van der Waals surface area contributed by atoms with Crippen molar-refractivity contribution in [1.82, 2.24) is 25.2 Å². The molecule has 1 fully saturated rings. The summed E-state index contributed by atoms with van der Waals surface area (Å²) in [6.45, 7) is 3.20. The second-order valence-corrected chi connectivity index (χ2v) is 6.61. The Morgan fingerprint density at radius 3 is 2.43 bits per heavy atom. The third kappa shape index (κ3) is 3.83. The molecule has 1 aliphatic rings. The molecule has 0 bridgehead atoms. The summed E-state index contributed by atoms with van der Waals surface area (Å²) in [5, 5.41) is 12.1. The Bertz CT molecular complexity index is 418. The van der Waals surface area contributed by atoms with E-state index < -0.39 is 0 Å². The molecule has 120 valence electrons. The molecule has 1 N–H and O–H groups in total. The van der Waals surface area contributed by atoms with Crippen molar-refractivity contribution in [1.29, 1.82) is 0 Å². The van der Waals surface area contributed by atoms with Crippen LogP contribution >= 0.6 is 0 Å². The monoisotopic (exact) mass is 293 g/mol. The highest BCUT2D eigenvalue weighted by molar-refractivity contribution is 5.06. The molecule has 0 radical (unpaired) electrons. The van der Waals surface area contributed by atoms with Crippen molar-refractivity contribution in [2.24, 2.45) is 7.05 Å². The molecule has 0 aliphatic heterocycles. The minimum absolute atomic E-state index is 0.240. The number of likely N-dealkylation sites (N-methyl/N-ethyl adjacent to an activating group) is 2. The van der Waals surface area contributed by atoms with Crippen molar-refractivity contribution in [3.63, 3.8) is 0 Å². The van der Waals surface area contributed by atoms with Crippen molar-refractivity contribution in [3.05, 3.63) is 11.9 Å². The summed E-state index contributed by atoms with van der Waals surface area (Å²) in [5.74, 6) is 0. The van der Waals surface area contributed by atoms with Crippen LogP contribution in [0.1, 0.15) is 51.1 Å². The Labute approximate surface area is 129 Å². The molecule has 1 unspecified atom stereocenters.